The van der Waals surface area contributed by atoms with Crippen LogP contribution in [0.2, 0.25) is 0 Å². The molecule has 0 fully saturated rings. The van der Waals surface area contributed by atoms with Gasteiger partial charge in [0.15, 0.2) is 5.13 Å². The maximum absolute atomic E-state index is 13.9. The van der Waals surface area contributed by atoms with Crippen molar-refractivity contribution in [2.75, 3.05) is 11.9 Å². The fourth-order valence-corrected chi connectivity index (χ4v) is 3.16. The third-order valence-electron chi connectivity index (χ3n) is 3.08. The lowest BCUT2D eigenvalue weighted by Gasteiger charge is -2.18. The van der Waals surface area contributed by atoms with Crippen LogP contribution in [0, 0.1) is 5.82 Å². The number of nitrogens with zero attached hydrogens (tertiary/aromatic N) is 2. The lowest BCUT2D eigenvalue weighted by Crippen LogP contribution is -2.16. The number of para-hydroxylation sites is 1. The van der Waals surface area contributed by atoms with Gasteiger partial charge in [0.2, 0.25) is 0 Å². The molecule has 20 heavy (non-hydrogen) atoms. The number of hydrogen-bond donors (Lipinski definition) is 1. The van der Waals surface area contributed by atoms with Gasteiger partial charge in [0, 0.05) is 23.9 Å². The van der Waals surface area contributed by atoms with Crippen molar-refractivity contribution in [3.8, 4) is 0 Å². The van der Waals surface area contributed by atoms with E-state index < -0.39 is 0 Å². The molecule has 0 radical (unpaired) electrons. The van der Waals surface area contributed by atoms with Crippen molar-refractivity contribution in [2.45, 2.75) is 32.7 Å². The Morgan fingerprint density at radius 2 is 1.95 bits per heavy atom. The van der Waals surface area contributed by atoms with Crippen LogP contribution in [0.1, 0.15) is 31.3 Å². The summed E-state index contributed by atoms with van der Waals surface area (Å²) in [5, 5.41) is 0.764. The zero-order valence-electron chi connectivity index (χ0n) is 12.3. The van der Waals surface area contributed by atoms with Crippen molar-refractivity contribution in [3.63, 3.8) is 0 Å². The summed E-state index contributed by atoms with van der Waals surface area (Å²) in [4.78, 5) is 7.49. The van der Waals surface area contributed by atoms with Crippen LogP contribution in [-0.4, -0.2) is 12.0 Å². The molecule has 1 aromatic heterocycles. The summed E-state index contributed by atoms with van der Waals surface area (Å²) >= 11 is 1.52. The molecule has 0 spiro atoms. The van der Waals surface area contributed by atoms with Crippen LogP contribution in [0.4, 0.5) is 15.2 Å². The van der Waals surface area contributed by atoms with Gasteiger partial charge in [-0.15, -0.1) is 0 Å². The van der Waals surface area contributed by atoms with Gasteiger partial charge in [-0.2, -0.15) is 0 Å². The Balaban J connectivity index is 2.44. The summed E-state index contributed by atoms with van der Waals surface area (Å²) < 4.78 is 13.9. The van der Waals surface area contributed by atoms with Gasteiger partial charge >= 0.3 is 0 Å². The molecule has 1 heterocycles. The summed E-state index contributed by atoms with van der Waals surface area (Å²) in [6.07, 6.45) is 0. The molecule has 3 nitrogen and oxygen atoms in total. The third kappa shape index (κ3) is 2.83. The van der Waals surface area contributed by atoms with E-state index >= 15 is 0 Å². The normalized spacial score (nSPS) is 11.7. The number of anilines is 2. The molecule has 2 rings (SSSR count). The third-order valence-corrected chi connectivity index (χ3v) is 4.24. The highest BCUT2D eigenvalue weighted by molar-refractivity contribution is 7.15. The van der Waals surface area contributed by atoms with Gasteiger partial charge < -0.3 is 10.6 Å². The topological polar surface area (TPSA) is 42.2 Å². The zero-order valence-corrected chi connectivity index (χ0v) is 13.1. The summed E-state index contributed by atoms with van der Waals surface area (Å²) in [5.74, 6) is -0.253. The summed E-state index contributed by atoms with van der Waals surface area (Å²) in [6, 6.07) is 6.70. The first-order valence-corrected chi connectivity index (χ1v) is 7.34. The molecular formula is C15H20FN3S. The van der Waals surface area contributed by atoms with Crippen LogP contribution in [-0.2, 0) is 12.0 Å². The molecule has 0 saturated heterocycles. The molecule has 0 saturated carbocycles. The number of rotatable bonds is 3. The largest absolute Gasteiger partial charge is 0.326 e. The number of aromatic nitrogens is 1. The van der Waals surface area contributed by atoms with Crippen molar-refractivity contribution < 1.29 is 4.39 Å². The van der Waals surface area contributed by atoms with Crippen LogP contribution in [0.3, 0.4) is 0 Å². The van der Waals surface area contributed by atoms with Crippen LogP contribution in [0.25, 0.3) is 0 Å². The lowest BCUT2D eigenvalue weighted by atomic mass is 9.91. The molecular weight excluding hydrogens is 273 g/mol. The summed E-state index contributed by atoms with van der Waals surface area (Å²) in [5.41, 5.74) is 7.25. The minimum Gasteiger partial charge on any atom is -0.326 e. The van der Waals surface area contributed by atoms with Crippen molar-refractivity contribution in [2.24, 2.45) is 5.73 Å². The fourth-order valence-electron chi connectivity index (χ4n) is 2.03. The Hall–Kier alpha value is -1.46. The average Bonchev–Trinajstić information content (AvgIpc) is 2.82. The Morgan fingerprint density at radius 1 is 1.30 bits per heavy atom. The number of halogens is 1. The van der Waals surface area contributed by atoms with Crippen LogP contribution < -0.4 is 10.6 Å². The smallest absolute Gasteiger partial charge is 0.190 e. The molecule has 0 atom stereocenters. The van der Waals surface area contributed by atoms with Crippen LogP contribution in [0.15, 0.2) is 24.3 Å². The molecule has 5 heteroatoms. The maximum Gasteiger partial charge on any atom is 0.190 e. The first-order chi connectivity index (χ1) is 9.34. The first-order valence-electron chi connectivity index (χ1n) is 6.53. The monoisotopic (exact) mass is 293 g/mol. The van der Waals surface area contributed by atoms with Gasteiger partial charge in [-0.25, -0.2) is 9.37 Å². The fraction of sp³-hybridized carbons (Fsp3) is 0.400. The maximum atomic E-state index is 13.9. The van der Waals surface area contributed by atoms with E-state index in [1.54, 1.807) is 17.0 Å². The standard InChI is InChI=1S/C15H20FN3S/c1-15(2,3)13-12(9-17)20-14(18-13)19(4)11-8-6-5-7-10(11)16/h5-8H,9,17H2,1-4H3. The van der Waals surface area contributed by atoms with E-state index in [4.69, 9.17) is 5.73 Å². The van der Waals surface area contributed by atoms with Gasteiger partial charge in [0.1, 0.15) is 5.82 Å². The molecule has 0 unspecified atom stereocenters. The minimum atomic E-state index is -0.253. The van der Waals surface area contributed by atoms with Crippen molar-refractivity contribution in [1.29, 1.82) is 0 Å². The van der Waals surface area contributed by atoms with E-state index in [-0.39, 0.29) is 11.2 Å². The number of hydrogen-bond acceptors (Lipinski definition) is 4. The molecule has 0 aliphatic rings. The number of nitrogens with two attached hydrogens (primary N) is 1. The predicted octanol–water partition coefficient (Wildman–Crippen LogP) is 3.81. The molecule has 108 valence electrons. The number of benzene rings is 1. The van der Waals surface area contributed by atoms with Gasteiger partial charge in [0.25, 0.3) is 0 Å². The zero-order chi connectivity index (χ0) is 14.9. The predicted molar refractivity (Wildman–Crippen MR) is 83.2 cm³/mol. The van der Waals surface area contributed by atoms with Gasteiger partial charge in [-0.3, -0.25) is 0 Å². The Bertz CT molecular complexity index is 601. The van der Waals surface area contributed by atoms with Gasteiger partial charge in [-0.1, -0.05) is 44.2 Å². The Kier molecular flexibility index (Phi) is 4.11. The quantitative estimate of drug-likeness (QED) is 0.935. The Labute approximate surface area is 123 Å². The molecule has 0 amide bonds. The SMILES string of the molecule is CN(c1nc(C(C)(C)C)c(CN)s1)c1ccccc1F. The van der Waals surface area contributed by atoms with Crippen LogP contribution in [0.5, 0.6) is 0 Å². The summed E-state index contributed by atoms with van der Waals surface area (Å²) in [7, 11) is 1.82. The first kappa shape index (κ1) is 14.9. The molecule has 0 aliphatic carbocycles. The highest BCUT2D eigenvalue weighted by Crippen LogP contribution is 2.36. The average molecular weight is 293 g/mol. The highest BCUT2D eigenvalue weighted by Gasteiger charge is 2.24. The van der Waals surface area contributed by atoms with Gasteiger partial charge in [0.05, 0.1) is 11.4 Å². The van der Waals surface area contributed by atoms with E-state index in [0.29, 0.717) is 12.2 Å². The van der Waals surface area contributed by atoms with E-state index in [1.165, 1.54) is 17.4 Å². The molecule has 2 aromatic rings. The van der Waals surface area contributed by atoms with Crippen molar-refractivity contribution >= 4 is 22.2 Å². The highest BCUT2D eigenvalue weighted by atomic mass is 32.1. The van der Waals surface area contributed by atoms with E-state index in [1.807, 2.05) is 13.1 Å². The molecule has 1 aromatic carbocycles. The van der Waals surface area contributed by atoms with E-state index in [0.717, 1.165) is 15.7 Å². The second kappa shape index (κ2) is 5.50. The second-order valence-corrected chi connectivity index (χ2v) is 6.79. The minimum absolute atomic E-state index is 0.0699. The van der Waals surface area contributed by atoms with Gasteiger partial charge in [-0.05, 0) is 12.1 Å². The van der Waals surface area contributed by atoms with E-state index in [2.05, 4.69) is 25.8 Å². The van der Waals surface area contributed by atoms with E-state index in [9.17, 15) is 4.39 Å². The molecule has 2 N–H and O–H groups in total. The van der Waals surface area contributed by atoms with Crippen molar-refractivity contribution in [1.82, 2.24) is 4.98 Å². The second-order valence-electron chi connectivity index (χ2n) is 5.73. The Morgan fingerprint density at radius 3 is 2.45 bits per heavy atom. The lowest BCUT2D eigenvalue weighted by molar-refractivity contribution is 0.566. The number of thiazole rings is 1. The molecule has 0 aliphatic heterocycles. The summed E-state index contributed by atoms with van der Waals surface area (Å²) in [6.45, 7) is 6.77. The van der Waals surface area contributed by atoms with Crippen LogP contribution >= 0.6 is 11.3 Å². The van der Waals surface area contributed by atoms with Crippen molar-refractivity contribution in [3.05, 3.63) is 40.7 Å². The molecule has 0 bridgehead atoms.